The van der Waals surface area contributed by atoms with Crippen molar-refractivity contribution in [2.45, 2.75) is 40.0 Å². The van der Waals surface area contributed by atoms with Gasteiger partial charge in [0.05, 0.1) is 0 Å². The van der Waals surface area contributed by atoms with Crippen LogP contribution in [0.25, 0.3) is 0 Å². The minimum Gasteiger partial charge on any atom is -0.299 e. The fourth-order valence-electron chi connectivity index (χ4n) is 3.40. The second-order valence-corrected chi connectivity index (χ2v) is 5.50. The quantitative estimate of drug-likeness (QED) is 0.733. The number of ketones is 2. The third kappa shape index (κ3) is 1.90. The average Bonchev–Trinajstić information content (AvgIpc) is 2.29. The van der Waals surface area contributed by atoms with E-state index in [9.17, 15) is 9.59 Å². The normalized spacial score (nSPS) is 36.4. The van der Waals surface area contributed by atoms with Gasteiger partial charge in [-0.25, -0.2) is 0 Å². The summed E-state index contributed by atoms with van der Waals surface area (Å²) in [5.41, 5.74) is 0.925. The standard InChI is InChI=1S/C15H20O2/c1-4-13(17)14-10(2)5-6-11-9-12(16)7-8-15(11,14)3/h7-10,14H,4-6H2,1-3H3/t10-,14-,15+/m1/s1. The van der Waals surface area contributed by atoms with E-state index in [-0.39, 0.29) is 17.1 Å². The number of hydrogen-bond acceptors (Lipinski definition) is 2. The molecule has 0 aliphatic heterocycles. The molecule has 0 saturated heterocycles. The van der Waals surface area contributed by atoms with Crippen LogP contribution in [0.5, 0.6) is 0 Å². The van der Waals surface area contributed by atoms with Crippen molar-refractivity contribution in [3.63, 3.8) is 0 Å². The third-order valence-corrected chi connectivity index (χ3v) is 4.38. The minimum atomic E-state index is -0.224. The molecule has 0 bridgehead atoms. The van der Waals surface area contributed by atoms with Crippen molar-refractivity contribution in [1.29, 1.82) is 0 Å². The van der Waals surface area contributed by atoms with Crippen molar-refractivity contribution >= 4 is 11.6 Å². The van der Waals surface area contributed by atoms with E-state index in [1.807, 2.05) is 13.0 Å². The Kier molecular flexibility index (Phi) is 3.07. The maximum absolute atomic E-state index is 12.2. The van der Waals surface area contributed by atoms with Gasteiger partial charge in [0.25, 0.3) is 0 Å². The molecule has 92 valence electrons. The van der Waals surface area contributed by atoms with Gasteiger partial charge in [-0.2, -0.15) is 0 Å². The lowest BCUT2D eigenvalue weighted by Crippen LogP contribution is -2.42. The molecule has 0 aromatic heterocycles. The predicted octanol–water partition coefficient (Wildman–Crippen LogP) is 3.08. The van der Waals surface area contributed by atoms with Crippen molar-refractivity contribution < 1.29 is 9.59 Å². The molecule has 17 heavy (non-hydrogen) atoms. The number of carbonyl (C=O) groups excluding carboxylic acids is 2. The Labute approximate surface area is 103 Å². The van der Waals surface area contributed by atoms with E-state index < -0.39 is 0 Å². The van der Waals surface area contributed by atoms with Gasteiger partial charge in [-0.1, -0.05) is 32.4 Å². The number of Topliss-reactive ketones (excluding diaryl/α,β-unsaturated/α-hetero) is 1. The highest BCUT2D eigenvalue weighted by Crippen LogP contribution is 2.50. The van der Waals surface area contributed by atoms with Crippen LogP contribution in [0.15, 0.2) is 23.8 Å². The Bertz CT molecular complexity index is 417. The van der Waals surface area contributed by atoms with Crippen LogP contribution < -0.4 is 0 Å². The first-order valence-electron chi connectivity index (χ1n) is 6.46. The molecule has 0 amide bonds. The van der Waals surface area contributed by atoms with Crippen LogP contribution in [0.3, 0.4) is 0 Å². The first kappa shape index (κ1) is 12.3. The number of allylic oxidation sites excluding steroid dienone is 4. The summed E-state index contributed by atoms with van der Waals surface area (Å²) in [6.45, 7) is 6.19. The van der Waals surface area contributed by atoms with Crippen LogP contribution >= 0.6 is 0 Å². The van der Waals surface area contributed by atoms with Crippen molar-refractivity contribution in [2.24, 2.45) is 17.3 Å². The second-order valence-electron chi connectivity index (χ2n) is 5.50. The SMILES string of the molecule is CCC(=O)[C@H]1[C@H](C)CCC2=CC(=O)C=C[C@@]21C. The van der Waals surface area contributed by atoms with Crippen LogP contribution in [0, 0.1) is 17.3 Å². The highest BCUT2D eigenvalue weighted by Gasteiger charge is 2.46. The summed E-state index contributed by atoms with van der Waals surface area (Å²) in [6.07, 6.45) is 7.86. The highest BCUT2D eigenvalue weighted by atomic mass is 16.1. The largest absolute Gasteiger partial charge is 0.299 e. The van der Waals surface area contributed by atoms with E-state index in [1.54, 1.807) is 12.2 Å². The van der Waals surface area contributed by atoms with E-state index >= 15 is 0 Å². The van der Waals surface area contributed by atoms with Crippen LogP contribution in [0.1, 0.15) is 40.0 Å². The summed E-state index contributed by atoms with van der Waals surface area (Å²) >= 11 is 0. The molecule has 2 aliphatic rings. The molecule has 2 heteroatoms. The average molecular weight is 232 g/mol. The maximum atomic E-state index is 12.2. The van der Waals surface area contributed by atoms with Gasteiger partial charge in [-0.3, -0.25) is 9.59 Å². The summed E-state index contributed by atoms with van der Waals surface area (Å²) in [6, 6.07) is 0. The first-order valence-corrected chi connectivity index (χ1v) is 6.46. The lowest BCUT2D eigenvalue weighted by Gasteiger charge is -2.45. The smallest absolute Gasteiger partial charge is 0.178 e. The number of fused-ring (bicyclic) bond motifs is 1. The third-order valence-electron chi connectivity index (χ3n) is 4.38. The van der Waals surface area contributed by atoms with Gasteiger partial charge in [0, 0.05) is 17.8 Å². The summed E-state index contributed by atoms with van der Waals surface area (Å²) in [7, 11) is 0. The Morgan fingerprint density at radius 3 is 2.88 bits per heavy atom. The minimum absolute atomic E-state index is 0.0387. The van der Waals surface area contributed by atoms with Gasteiger partial charge < -0.3 is 0 Å². The maximum Gasteiger partial charge on any atom is 0.178 e. The van der Waals surface area contributed by atoms with Crippen LogP contribution in [0.2, 0.25) is 0 Å². The molecule has 0 unspecified atom stereocenters. The zero-order valence-corrected chi connectivity index (χ0v) is 10.8. The van der Waals surface area contributed by atoms with Gasteiger partial charge in [-0.15, -0.1) is 0 Å². The Balaban J connectivity index is 2.43. The van der Waals surface area contributed by atoms with Gasteiger partial charge in [0.15, 0.2) is 5.78 Å². The van der Waals surface area contributed by atoms with E-state index in [1.165, 1.54) is 0 Å². The molecular weight excluding hydrogens is 212 g/mol. The first-order chi connectivity index (χ1) is 7.99. The molecule has 2 aliphatic carbocycles. The van der Waals surface area contributed by atoms with Gasteiger partial charge >= 0.3 is 0 Å². The predicted molar refractivity (Wildman–Crippen MR) is 67.5 cm³/mol. The molecule has 0 N–H and O–H groups in total. The zero-order chi connectivity index (χ0) is 12.6. The Morgan fingerprint density at radius 1 is 1.53 bits per heavy atom. The summed E-state index contributed by atoms with van der Waals surface area (Å²) < 4.78 is 0. The summed E-state index contributed by atoms with van der Waals surface area (Å²) in [4.78, 5) is 23.6. The van der Waals surface area contributed by atoms with Gasteiger partial charge in [0.2, 0.25) is 0 Å². The molecular formula is C15H20O2. The summed E-state index contributed by atoms with van der Waals surface area (Å²) in [5, 5.41) is 0. The number of carbonyl (C=O) groups is 2. The molecule has 3 atom stereocenters. The lowest BCUT2D eigenvalue weighted by atomic mass is 9.57. The van der Waals surface area contributed by atoms with Crippen LogP contribution in [-0.2, 0) is 9.59 Å². The molecule has 0 heterocycles. The van der Waals surface area contributed by atoms with Crippen molar-refractivity contribution in [3.05, 3.63) is 23.8 Å². The number of rotatable bonds is 2. The molecule has 0 aromatic rings. The monoisotopic (exact) mass is 232 g/mol. The molecule has 0 radical (unpaired) electrons. The van der Waals surface area contributed by atoms with Crippen LogP contribution in [-0.4, -0.2) is 11.6 Å². The van der Waals surface area contributed by atoms with Crippen molar-refractivity contribution in [3.8, 4) is 0 Å². The topological polar surface area (TPSA) is 34.1 Å². The molecule has 2 nitrogen and oxygen atoms in total. The molecule has 2 rings (SSSR count). The van der Waals surface area contributed by atoms with E-state index in [0.717, 1.165) is 18.4 Å². The van der Waals surface area contributed by atoms with Crippen molar-refractivity contribution in [2.75, 3.05) is 0 Å². The van der Waals surface area contributed by atoms with Crippen molar-refractivity contribution in [1.82, 2.24) is 0 Å². The molecule has 0 aromatic carbocycles. The van der Waals surface area contributed by atoms with E-state index in [0.29, 0.717) is 18.1 Å². The van der Waals surface area contributed by atoms with Gasteiger partial charge in [0.1, 0.15) is 5.78 Å². The Hall–Kier alpha value is -1.18. The molecule has 0 spiro atoms. The molecule has 1 saturated carbocycles. The second kappa shape index (κ2) is 4.25. The van der Waals surface area contributed by atoms with Crippen LogP contribution in [0.4, 0.5) is 0 Å². The van der Waals surface area contributed by atoms with E-state index in [4.69, 9.17) is 0 Å². The van der Waals surface area contributed by atoms with Gasteiger partial charge in [-0.05, 0) is 30.9 Å². The fourth-order valence-corrected chi connectivity index (χ4v) is 3.40. The number of hydrogen-bond donors (Lipinski definition) is 0. The fraction of sp³-hybridized carbons (Fsp3) is 0.600. The van der Waals surface area contributed by atoms with E-state index in [2.05, 4.69) is 13.8 Å². The summed E-state index contributed by atoms with van der Waals surface area (Å²) in [5.74, 6) is 0.832. The highest BCUT2D eigenvalue weighted by molar-refractivity contribution is 6.01. The Morgan fingerprint density at radius 2 is 2.24 bits per heavy atom. The lowest BCUT2D eigenvalue weighted by molar-refractivity contribution is -0.128. The zero-order valence-electron chi connectivity index (χ0n) is 10.8. The molecule has 1 fully saturated rings.